The topological polar surface area (TPSA) is 78.9 Å². The van der Waals surface area contributed by atoms with Crippen LogP contribution in [0.4, 0.5) is 4.79 Å². The molecule has 7 heteroatoms. The van der Waals surface area contributed by atoms with E-state index in [1.165, 1.54) is 11.3 Å². The fraction of sp³-hybridized carbons (Fsp3) is 0.625. The van der Waals surface area contributed by atoms with Crippen molar-refractivity contribution in [3.63, 3.8) is 0 Å². The number of nitrogens with one attached hydrogen (secondary N) is 1. The molecule has 1 saturated heterocycles. The third-order valence-electron chi connectivity index (χ3n) is 3.63. The molecule has 1 aliphatic heterocycles. The van der Waals surface area contributed by atoms with Gasteiger partial charge in [0.15, 0.2) is 0 Å². The summed E-state index contributed by atoms with van der Waals surface area (Å²) >= 11 is 1.49. The number of alkyl carbamates (subject to hydrolysis) is 1. The van der Waals surface area contributed by atoms with E-state index in [0.29, 0.717) is 13.1 Å². The first-order valence-corrected chi connectivity index (χ1v) is 8.69. The fourth-order valence-corrected chi connectivity index (χ4v) is 3.45. The number of aliphatic carboxylic acids is 1. The summed E-state index contributed by atoms with van der Waals surface area (Å²) < 4.78 is 5.27. The van der Waals surface area contributed by atoms with E-state index in [4.69, 9.17) is 4.74 Å². The van der Waals surface area contributed by atoms with Crippen molar-refractivity contribution in [2.24, 2.45) is 0 Å². The Morgan fingerprint density at radius 3 is 2.78 bits per heavy atom. The molecule has 1 aromatic rings. The standard InChI is InChI=1S/C16H24N2O4S/c1-16(2,3)22-15(21)17-12-5-4-7-18(9-12)13(14(19)20)11-6-8-23-10-11/h6,8,10,12-13H,4-5,7,9H2,1-3H3,(H,17,21)(H,19,20)/t12-,13-/m1/s1. The molecule has 0 saturated carbocycles. The van der Waals surface area contributed by atoms with Crippen LogP contribution in [0.3, 0.4) is 0 Å². The van der Waals surface area contributed by atoms with Crippen LogP contribution in [0, 0.1) is 0 Å². The van der Waals surface area contributed by atoms with Crippen molar-refractivity contribution in [3.8, 4) is 0 Å². The smallest absolute Gasteiger partial charge is 0.407 e. The molecule has 0 aliphatic carbocycles. The fourth-order valence-electron chi connectivity index (χ4n) is 2.77. The molecule has 2 heterocycles. The molecule has 0 radical (unpaired) electrons. The van der Waals surface area contributed by atoms with Gasteiger partial charge in [-0.15, -0.1) is 0 Å². The number of ether oxygens (including phenoxy) is 1. The largest absolute Gasteiger partial charge is 0.480 e. The maximum absolute atomic E-state index is 11.9. The van der Waals surface area contributed by atoms with Crippen LogP contribution in [0.2, 0.25) is 0 Å². The number of hydrogen-bond acceptors (Lipinski definition) is 5. The number of carboxylic acids is 1. The van der Waals surface area contributed by atoms with E-state index in [2.05, 4.69) is 5.32 Å². The molecule has 2 N–H and O–H groups in total. The predicted octanol–water partition coefficient (Wildman–Crippen LogP) is 2.86. The quantitative estimate of drug-likeness (QED) is 0.881. The Bertz CT molecular complexity index is 539. The Labute approximate surface area is 140 Å². The van der Waals surface area contributed by atoms with E-state index in [-0.39, 0.29) is 6.04 Å². The molecule has 1 fully saturated rings. The summed E-state index contributed by atoms with van der Waals surface area (Å²) in [6.07, 6.45) is 1.21. The van der Waals surface area contributed by atoms with Crippen LogP contribution in [0.25, 0.3) is 0 Å². The molecule has 2 rings (SSSR count). The zero-order chi connectivity index (χ0) is 17.0. The second kappa shape index (κ2) is 7.31. The summed E-state index contributed by atoms with van der Waals surface area (Å²) in [6.45, 7) is 6.66. The molecule has 1 aliphatic rings. The average Bonchev–Trinajstić information content (AvgIpc) is 2.90. The van der Waals surface area contributed by atoms with Crippen LogP contribution in [-0.4, -0.2) is 46.8 Å². The number of likely N-dealkylation sites (tertiary alicyclic amines) is 1. The lowest BCUT2D eigenvalue weighted by Crippen LogP contribution is -2.50. The Kier molecular flexibility index (Phi) is 5.64. The van der Waals surface area contributed by atoms with Crippen LogP contribution < -0.4 is 5.32 Å². The maximum Gasteiger partial charge on any atom is 0.407 e. The van der Waals surface area contributed by atoms with Crippen LogP contribution in [0.5, 0.6) is 0 Å². The summed E-state index contributed by atoms with van der Waals surface area (Å²) in [5, 5.41) is 16.2. The highest BCUT2D eigenvalue weighted by Gasteiger charge is 2.32. The first-order chi connectivity index (χ1) is 10.8. The zero-order valence-electron chi connectivity index (χ0n) is 13.7. The number of hydrogen-bond donors (Lipinski definition) is 2. The van der Waals surface area contributed by atoms with Gasteiger partial charge in [0.05, 0.1) is 0 Å². The Hall–Kier alpha value is -1.60. The van der Waals surface area contributed by atoms with Gasteiger partial charge in [-0.1, -0.05) is 0 Å². The molecular formula is C16H24N2O4S. The van der Waals surface area contributed by atoms with Gasteiger partial charge in [-0.05, 0) is 62.5 Å². The number of amides is 1. The van der Waals surface area contributed by atoms with E-state index in [9.17, 15) is 14.7 Å². The van der Waals surface area contributed by atoms with Gasteiger partial charge in [0.1, 0.15) is 11.6 Å². The van der Waals surface area contributed by atoms with Gasteiger partial charge in [-0.2, -0.15) is 11.3 Å². The summed E-state index contributed by atoms with van der Waals surface area (Å²) in [5.41, 5.74) is 0.249. The molecule has 1 aromatic heterocycles. The second-order valence-electron chi connectivity index (χ2n) is 6.78. The molecular weight excluding hydrogens is 316 g/mol. The number of carbonyl (C=O) groups is 2. The second-order valence-corrected chi connectivity index (χ2v) is 7.56. The highest BCUT2D eigenvalue weighted by Crippen LogP contribution is 2.26. The minimum absolute atomic E-state index is 0.0981. The van der Waals surface area contributed by atoms with Crippen molar-refractivity contribution >= 4 is 23.4 Å². The Morgan fingerprint density at radius 2 is 2.22 bits per heavy atom. The lowest BCUT2D eigenvalue weighted by Gasteiger charge is -2.36. The van der Waals surface area contributed by atoms with Crippen molar-refractivity contribution in [1.82, 2.24) is 10.2 Å². The zero-order valence-corrected chi connectivity index (χ0v) is 14.6. The molecule has 128 valence electrons. The van der Waals surface area contributed by atoms with Crippen molar-refractivity contribution in [2.45, 2.75) is 51.3 Å². The SMILES string of the molecule is CC(C)(C)OC(=O)N[C@@H]1CCCN([C@@H](C(=O)O)c2ccsc2)C1. The van der Waals surface area contributed by atoms with Gasteiger partial charge in [0.25, 0.3) is 0 Å². The number of rotatable bonds is 4. The van der Waals surface area contributed by atoms with Gasteiger partial charge in [0, 0.05) is 12.6 Å². The molecule has 0 aromatic carbocycles. The molecule has 6 nitrogen and oxygen atoms in total. The van der Waals surface area contributed by atoms with Gasteiger partial charge in [-0.25, -0.2) is 4.79 Å². The highest BCUT2D eigenvalue weighted by atomic mass is 32.1. The predicted molar refractivity (Wildman–Crippen MR) is 88.7 cm³/mol. The van der Waals surface area contributed by atoms with E-state index in [1.807, 2.05) is 42.5 Å². The molecule has 2 atom stereocenters. The highest BCUT2D eigenvalue weighted by molar-refractivity contribution is 7.08. The Morgan fingerprint density at radius 1 is 1.48 bits per heavy atom. The third kappa shape index (κ3) is 5.21. The summed E-state index contributed by atoms with van der Waals surface area (Å²) in [5.74, 6) is -0.860. The summed E-state index contributed by atoms with van der Waals surface area (Å²) in [6, 6.07) is 1.08. The maximum atomic E-state index is 11.9. The van der Waals surface area contributed by atoms with E-state index >= 15 is 0 Å². The molecule has 1 amide bonds. The molecule has 0 spiro atoms. The monoisotopic (exact) mass is 340 g/mol. The summed E-state index contributed by atoms with van der Waals surface area (Å²) in [7, 11) is 0. The first-order valence-electron chi connectivity index (χ1n) is 7.75. The normalized spacial score (nSPS) is 20.7. The van der Waals surface area contributed by atoms with Gasteiger partial charge < -0.3 is 15.2 Å². The molecule has 0 bridgehead atoms. The van der Waals surface area contributed by atoms with Crippen molar-refractivity contribution in [1.29, 1.82) is 0 Å². The number of carbonyl (C=O) groups excluding carboxylic acids is 1. The number of carboxylic acid groups (broad SMARTS) is 1. The van der Waals surface area contributed by atoms with Crippen LogP contribution in [-0.2, 0) is 9.53 Å². The minimum atomic E-state index is -0.860. The van der Waals surface area contributed by atoms with E-state index in [0.717, 1.165) is 18.4 Å². The van der Waals surface area contributed by atoms with Crippen molar-refractivity contribution < 1.29 is 19.4 Å². The van der Waals surface area contributed by atoms with Gasteiger partial charge in [0.2, 0.25) is 0 Å². The molecule has 0 unspecified atom stereocenters. The van der Waals surface area contributed by atoms with Crippen molar-refractivity contribution in [3.05, 3.63) is 22.4 Å². The minimum Gasteiger partial charge on any atom is -0.480 e. The van der Waals surface area contributed by atoms with Gasteiger partial charge in [-0.3, -0.25) is 9.69 Å². The van der Waals surface area contributed by atoms with E-state index < -0.39 is 23.7 Å². The Balaban J connectivity index is 1.99. The first kappa shape index (κ1) is 17.7. The lowest BCUT2D eigenvalue weighted by molar-refractivity contribution is -0.144. The van der Waals surface area contributed by atoms with Crippen LogP contribution in [0.15, 0.2) is 16.8 Å². The van der Waals surface area contributed by atoms with Crippen LogP contribution >= 0.6 is 11.3 Å². The number of nitrogens with zero attached hydrogens (tertiary/aromatic N) is 1. The molecule has 23 heavy (non-hydrogen) atoms. The number of piperidine rings is 1. The number of thiophene rings is 1. The lowest BCUT2D eigenvalue weighted by atomic mass is 10.0. The summed E-state index contributed by atoms with van der Waals surface area (Å²) in [4.78, 5) is 25.5. The van der Waals surface area contributed by atoms with E-state index in [1.54, 1.807) is 0 Å². The third-order valence-corrected chi connectivity index (χ3v) is 4.33. The van der Waals surface area contributed by atoms with Gasteiger partial charge >= 0.3 is 12.1 Å². The van der Waals surface area contributed by atoms with Crippen molar-refractivity contribution in [2.75, 3.05) is 13.1 Å². The van der Waals surface area contributed by atoms with Crippen LogP contribution in [0.1, 0.15) is 45.2 Å². The average molecular weight is 340 g/mol.